The Balaban J connectivity index is 1.79. The number of thiol groups is 1. The summed E-state index contributed by atoms with van der Waals surface area (Å²) in [6, 6.07) is 5.00. The number of aryl methyl sites for hydroxylation is 2. The third kappa shape index (κ3) is 7.13. The Labute approximate surface area is 222 Å². The second-order valence-corrected chi connectivity index (χ2v) is 13.6. The minimum atomic E-state index is -0.282. The van der Waals surface area contributed by atoms with E-state index in [9.17, 15) is 4.79 Å². The van der Waals surface area contributed by atoms with Crippen molar-refractivity contribution in [2.24, 2.45) is 0 Å². The van der Waals surface area contributed by atoms with Gasteiger partial charge in [0, 0.05) is 34.6 Å². The van der Waals surface area contributed by atoms with Crippen LogP contribution in [0, 0.1) is 6.92 Å². The smallest absolute Gasteiger partial charge is 0.249 e. The van der Waals surface area contributed by atoms with Crippen molar-refractivity contribution in [3.05, 3.63) is 56.6 Å². The van der Waals surface area contributed by atoms with Gasteiger partial charge in [-0.05, 0) is 81.5 Å². The molecule has 0 N–H and O–H groups in total. The number of amides is 1. The molecule has 1 aliphatic carbocycles. The Morgan fingerprint density at radius 2 is 2.00 bits per heavy atom. The maximum Gasteiger partial charge on any atom is 0.249 e. The van der Waals surface area contributed by atoms with Crippen LogP contribution >= 0.6 is 36.2 Å². The molecule has 2 nitrogen and oxygen atoms in total. The molecule has 34 heavy (non-hydrogen) atoms. The van der Waals surface area contributed by atoms with Crippen molar-refractivity contribution in [3.8, 4) is 0 Å². The number of hydrogen-bond acceptors (Lipinski definition) is 4. The Bertz CT molecular complexity index is 936. The first-order valence-electron chi connectivity index (χ1n) is 12.9. The van der Waals surface area contributed by atoms with E-state index in [0.29, 0.717) is 11.2 Å². The quantitative estimate of drug-likeness (QED) is 0.191. The lowest BCUT2D eigenvalue weighted by Crippen LogP contribution is -2.35. The molecule has 0 saturated carbocycles. The van der Waals surface area contributed by atoms with Gasteiger partial charge in [0.15, 0.2) is 0 Å². The molecule has 0 aromatic heterocycles. The highest BCUT2D eigenvalue weighted by molar-refractivity contribution is 8.15. The molecule has 1 heterocycles. The number of unbranched alkanes of at least 4 members (excludes halogenated alkanes) is 2. The molecule has 0 radical (unpaired) electrons. The van der Waals surface area contributed by atoms with Crippen molar-refractivity contribution >= 4 is 42.1 Å². The van der Waals surface area contributed by atoms with Crippen LogP contribution in [-0.2, 0) is 17.6 Å². The summed E-state index contributed by atoms with van der Waals surface area (Å²) in [5.74, 6) is 1.59. The lowest BCUT2D eigenvalue weighted by Gasteiger charge is -2.30. The summed E-state index contributed by atoms with van der Waals surface area (Å²) >= 11 is 8.13. The topological polar surface area (TPSA) is 20.3 Å². The minimum absolute atomic E-state index is 0.0865. The molecule has 3 unspecified atom stereocenters. The molecular formula is C29H43NOS3. The first-order valence-corrected chi connectivity index (χ1v) is 15.4. The van der Waals surface area contributed by atoms with Crippen LogP contribution in [0.5, 0.6) is 0 Å². The van der Waals surface area contributed by atoms with Crippen molar-refractivity contribution in [1.82, 2.24) is 4.90 Å². The molecule has 0 fully saturated rings. The summed E-state index contributed by atoms with van der Waals surface area (Å²) in [5.41, 5.74) is 8.78. The molecule has 2 aliphatic rings. The number of thioether (sulfide) groups is 2. The number of carbonyl (C=O) groups is 1. The fourth-order valence-corrected chi connectivity index (χ4v) is 8.04. The molecular weight excluding hydrogens is 475 g/mol. The number of rotatable bonds is 10. The van der Waals surface area contributed by atoms with Gasteiger partial charge in [0.1, 0.15) is 4.58 Å². The molecule has 1 aromatic rings. The highest BCUT2D eigenvalue weighted by Crippen LogP contribution is 2.39. The van der Waals surface area contributed by atoms with E-state index in [0.717, 1.165) is 17.9 Å². The first kappa shape index (κ1) is 27.8. The van der Waals surface area contributed by atoms with E-state index in [1.807, 2.05) is 18.8 Å². The predicted molar refractivity (Wildman–Crippen MR) is 156 cm³/mol. The highest BCUT2D eigenvalue weighted by atomic mass is 32.2. The zero-order chi connectivity index (χ0) is 24.8. The van der Waals surface area contributed by atoms with Crippen molar-refractivity contribution in [1.29, 1.82) is 0 Å². The molecule has 3 rings (SSSR count). The molecule has 0 bridgehead atoms. The third-order valence-corrected chi connectivity index (χ3v) is 10.3. The fraction of sp³-hybridized carbons (Fsp3) is 0.621. The van der Waals surface area contributed by atoms with Gasteiger partial charge >= 0.3 is 0 Å². The SMILES string of the molecule is CCCCCc1cc(C)c(C2C=C(C)CCC2)c(CC(C)SCC2=C(C)N(C)C(=O)C(S)S2)c1. The van der Waals surface area contributed by atoms with Gasteiger partial charge in [0.25, 0.3) is 0 Å². The van der Waals surface area contributed by atoms with E-state index in [1.165, 1.54) is 61.0 Å². The summed E-state index contributed by atoms with van der Waals surface area (Å²) < 4.78 is -0.282. The van der Waals surface area contributed by atoms with E-state index in [4.69, 9.17) is 0 Å². The maximum absolute atomic E-state index is 12.2. The number of carbonyl (C=O) groups excluding carboxylic acids is 1. The molecule has 0 saturated heterocycles. The first-order chi connectivity index (χ1) is 16.2. The van der Waals surface area contributed by atoms with Gasteiger partial charge in [-0.25, -0.2) is 0 Å². The summed E-state index contributed by atoms with van der Waals surface area (Å²) in [7, 11) is 1.87. The molecule has 1 aliphatic heterocycles. The Hall–Kier alpha value is -0.780. The average molecular weight is 518 g/mol. The van der Waals surface area contributed by atoms with Gasteiger partial charge in [0.2, 0.25) is 5.91 Å². The summed E-state index contributed by atoms with van der Waals surface area (Å²) in [6.45, 7) is 11.3. The van der Waals surface area contributed by atoms with Crippen LogP contribution in [0.2, 0.25) is 0 Å². The van der Waals surface area contributed by atoms with E-state index in [2.05, 4.69) is 65.5 Å². The second-order valence-electron chi connectivity index (χ2n) is 10.2. The normalized spacial score (nSPS) is 22.3. The van der Waals surface area contributed by atoms with Crippen LogP contribution < -0.4 is 0 Å². The summed E-state index contributed by atoms with van der Waals surface area (Å²) in [4.78, 5) is 15.3. The average Bonchev–Trinajstić information content (AvgIpc) is 2.79. The Morgan fingerprint density at radius 1 is 1.24 bits per heavy atom. The fourth-order valence-electron chi connectivity index (χ4n) is 5.23. The number of benzene rings is 1. The van der Waals surface area contributed by atoms with E-state index < -0.39 is 0 Å². The molecule has 1 aromatic carbocycles. The van der Waals surface area contributed by atoms with E-state index in [-0.39, 0.29) is 10.5 Å². The third-order valence-electron chi connectivity index (χ3n) is 7.25. The zero-order valence-electron chi connectivity index (χ0n) is 21.9. The van der Waals surface area contributed by atoms with Crippen molar-refractivity contribution in [2.75, 3.05) is 12.8 Å². The number of nitrogens with zero attached hydrogens (tertiary/aromatic N) is 1. The monoisotopic (exact) mass is 517 g/mol. The molecule has 0 spiro atoms. The van der Waals surface area contributed by atoms with Crippen LogP contribution in [0.15, 0.2) is 34.4 Å². The second kappa shape index (κ2) is 13.0. The van der Waals surface area contributed by atoms with E-state index >= 15 is 0 Å². The Kier molecular flexibility index (Phi) is 10.6. The lowest BCUT2D eigenvalue weighted by atomic mass is 9.80. The van der Waals surface area contributed by atoms with Crippen molar-refractivity contribution < 1.29 is 4.79 Å². The maximum atomic E-state index is 12.2. The number of hydrogen-bond donors (Lipinski definition) is 1. The standard InChI is InChI=1S/C29H43NOS3/c1-7-8-9-12-23-15-20(3)27(24-13-10-11-19(2)14-24)25(17-23)16-21(4)33-18-26-22(5)30(6)28(31)29(32)34-26/h14-15,17,21,24,29,32H,7-13,16,18H2,1-6H3. The molecule has 3 atom stereocenters. The van der Waals surface area contributed by atoms with Crippen LogP contribution in [0.4, 0.5) is 0 Å². The van der Waals surface area contributed by atoms with Crippen LogP contribution in [0.3, 0.4) is 0 Å². The van der Waals surface area contributed by atoms with Gasteiger partial charge in [-0.3, -0.25) is 4.79 Å². The van der Waals surface area contributed by atoms with Gasteiger partial charge < -0.3 is 4.90 Å². The van der Waals surface area contributed by atoms with Gasteiger partial charge in [-0.2, -0.15) is 24.4 Å². The van der Waals surface area contributed by atoms with Gasteiger partial charge in [-0.15, -0.1) is 11.8 Å². The highest BCUT2D eigenvalue weighted by Gasteiger charge is 2.29. The largest absolute Gasteiger partial charge is 0.317 e. The lowest BCUT2D eigenvalue weighted by molar-refractivity contribution is -0.126. The molecule has 188 valence electrons. The zero-order valence-corrected chi connectivity index (χ0v) is 24.5. The Morgan fingerprint density at radius 3 is 2.71 bits per heavy atom. The number of allylic oxidation sites excluding steroid dienone is 3. The van der Waals surface area contributed by atoms with Crippen molar-refractivity contribution in [2.45, 2.75) is 102 Å². The van der Waals surface area contributed by atoms with E-state index in [1.54, 1.807) is 33.4 Å². The van der Waals surface area contributed by atoms with Crippen molar-refractivity contribution in [3.63, 3.8) is 0 Å². The van der Waals surface area contributed by atoms with Crippen LogP contribution in [-0.4, -0.2) is 33.4 Å². The van der Waals surface area contributed by atoms with Gasteiger partial charge in [0.05, 0.1) is 0 Å². The predicted octanol–water partition coefficient (Wildman–Crippen LogP) is 8.30. The molecule has 5 heteroatoms. The van der Waals surface area contributed by atoms with Crippen LogP contribution in [0.1, 0.15) is 94.4 Å². The molecule has 1 amide bonds. The van der Waals surface area contributed by atoms with Gasteiger partial charge in [-0.1, -0.05) is 50.5 Å². The van der Waals surface area contributed by atoms with Crippen LogP contribution in [0.25, 0.3) is 0 Å². The summed E-state index contributed by atoms with van der Waals surface area (Å²) in [6.07, 6.45) is 12.5. The minimum Gasteiger partial charge on any atom is -0.317 e. The summed E-state index contributed by atoms with van der Waals surface area (Å²) in [5, 5.41) is 0.514.